The Balaban J connectivity index is 2.06. The molecule has 3 aliphatic heterocycles. The molecule has 2 bridgehead atoms. The summed E-state index contributed by atoms with van der Waals surface area (Å²) >= 11 is 3.73. The molecule has 4 unspecified atom stereocenters. The Morgan fingerprint density at radius 1 is 1.25 bits per heavy atom. The van der Waals surface area contributed by atoms with Crippen LogP contribution in [0.3, 0.4) is 0 Å². The third kappa shape index (κ3) is 4.90. The minimum Gasteiger partial charge on any atom is -0.396 e. The fourth-order valence-corrected chi connectivity index (χ4v) is 7.40. The number of aliphatic hydroxyl groups excluding tert-OH is 1. The second-order valence-electron chi connectivity index (χ2n) is 10.3. The fraction of sp³-hybridized carbons (Fsp3) is 0.741. The summed E-state index contributed by atoms with van der Waals surface area (Å²) in [6.07, 6.45) is 6.28. The molecule has 202 valence electrons. The average Bonchev–Trinajstić information content (AvgIpc) is 3.43. The normalized spacial score (nSPS) is 31.3. The number of likely N-dealkylation sites (tertiary alicyclic amines) is 1. The molecule has 3 saturated heterocycles. The second-order valence-corrected chi connectivity index (χ2v) is 11.4. The van der Waals surface area contributed by atoms with E-state index in [-0.39, 0.29) is 41.7 Å². The van der Waals surface area contributed by atoms with Crippen molar-refractivity contribution in [3.63, 3.8) is 0 Å². The molecule has 3 aliphatic rings. The number of hydrogen-bond acceptors (Lipinski definition) is 5. The molecule has 8 nitrogen and oxygen atoms in total. The van der Waals surface area contributed by atoms with Crippen LogP contribution >= 0.6 is 15.9 Å². The third-order valence-corrected chi connectivity index (χ3v) is 8.71. The van der Waals surface area contributed by atoms with Crippen molar-refractivity contribution < 1.29 is 24.2 Å². The summed E-state index contributed by atoms with van der Waals surface area (Å²) in [5.74, 6) is -1.91. The Morgan fingerprint density at radius 3 is 2.53 bits per heavy atom. The summed E-state index contributed by atoms with van der Waals surface area (Å²) in [5.41, 5.74) is -1.08. The van der Waals surface area contributed by atoms with Gasteiger partial charge in [0, 0.05) is 43.7 Å². The Kier molecular flexibility index (Phi) is 9.80. The number of hydrogen-bond donors (Lipinski definition) is 1. The number of halogens is 1. The van der Waals surface area contributed by atoms with Gasteiger partial charge < -0.3 is 24.5 Å². The number of ether oxygens (including phenoxy) is 1. The van der Waals surface area contributed by atoms with Crippen LogP contribution in [-0.4, -0.2) is 98.9 Å². The molecular formula is C27H42BrN3O5. The maximum atomic E-state index is 14.2. The van der Waals surface area contributed by atoms with Crippen LogP contribution in [0.5, 0.6) is 0 Å². The molecule has 0 saturated carbocycles. The summed E-state index contributed by atoms with van der Waals surface area (Å²) < 4.78 is 6.60. The Labute approximate surface area is 223 Å². The lowest BCUT2D eigenvalue weighted by atomic mass is 9.70. The number of nitrogens with zero attached hydrogens (tertiary/aromatic N) is 3. The number of rotatable bonds is 14. The predicted octanol–water partition coefficient (Wildman–Crippen LogP) is 2.74. The highest BCUT2D eigenvalue weighted by molar-refractivity contribution is 9.09. The van der Waals surface area contributed by atoms with Gasteiger partial charge in [-0.1, -0.05) is 48.4 Å². The number of carbonyl (C=O) groups is 3. The Hall–Kier alpha value is -1.71. The zero-order valence-electron chi connectivity index (χ0n) is 21.9. The van der Waals surface area contributed by atoms with E-state index in [1.165, 1.54) is 0 Å². The van der Waals surface area contributed by atoms with Crippen molar-refractivity contribution in [2.24, 2.45) is 11.8 Å². The van der Waals surface area contributed by atoms with Gasteiger partial charge in [-0.25, -0.2) is 0 Å². The lowest BCUT2D eigenvalue weighted by Gasteiger charge is -2.39. The highest BCUT2D eigenvalue weighted by Crippen LogP contribution is 2.60. The standard InChI is InChI=1S/C27H42BrN3O5/c1-6-11-18(5)30(14-9-4)26(35)23-27-17-19(28)22(36-27)20(24(33)29(12-7-2)13-8-3)21(27)25(34)31(23)15-10-16-32/h7,9,18-23,32H,2,4,6,8,10-17H2,1,3,5H3/t18?,19?,20-,21-,22-,23?,27?/m0/s1. The van der Waals surface area contributed by atoms with Gasteiger partial charge in [-0.3, -0.25) is 14.4 Å². The number of amides is 3. The maximum Gasteiger partial charge on any atom is 0.248 e. The van der Waals surface area contributed by atoms with Crippen molar-refractivity contribution in [1.82, 2.24) is 14.7 Å². The lowest BCUT2D eigenvalue weighted by molar-refractivity contribution is -0.150. The highest BCUT2D eigenvalue weighted by atomic mass is 79.9. The zero-order valence-corrected chi connectivity index (χ0v) is 23.5. The van der Waals surface area contributed by atoms with Crippen molar-refractivity contribution in [3.05, 3.63) is 25.3 Å². The van der Waals surface area contributed by atoms with E-state index in [0.29, 0.717) is 32.5 Å². The summed E-state index contributed by atoms with van der Waals surface area (Å²) in [6, 6.07) is -0.878. The van der Waals surface area contributed by atoms with Crippen LogP contribution in [0.4, 0.5) is 0 Å². The molecule has 9 heteroatoms. The van der Waals surface area contributed by atoms with Crippen molar-refractivity contribution in [1.29, 1.82) is 0 Å². The van der Waals surface area contributed by atoms with Crippen LogP contribution < -0.4 is 0 Å². The number of alkyl halides is 1. The van der Waals surface area contributed by atoms with Crippen molar-refractivity contribution >= 4 is 33.7 Å². The first-order valence-corrected chi connectivity index (χ1v) is 14.2. The summed E-state index contributed by atoms with van der Waals surface area (Å²) in [4.78, 5) is 47.0. The van der Waals surface area contributed by atoms with Gasteiger partial charge in [0.15, 0.2) is 0 Å². The van der Waals surface area contributed by atoms with Gasteiger partial charge in [-0.2, -0.15) is 0 Å². The van der Waals surface area contributed by atoms with E-state index in [4.69, 9.17) is 4.74 Å². The van der Waals surface area contributed by atoms with Crippen molar-refractivity contribution in [3.8, 4) is 0 Å². The first-order chi connectivity index (χ1) is 17.2. The van der Waals surface area contributed by atoms with Crippen LogP contribution in [-0.2, 0) is 19.1 Å². The van der Waals surface area contributed by atoms with Gasteiger partial charge in [0.25, 0.3) is 0 Å². The largest absolute Gasteiger partial charge is 0.396 e. The van der Waals surface area contributed by atoms with E-state index in [2.05, 4.69) is 36.0 Å². The summed E-state index contributed by atoms with van der Waals surface area (Å²) in [5, 5.41) is 9.54. The number of fused-ring (bicyclic) bond motifs is 1. The molecule has 0 aromatic rings. The van der Waals surface area contributed by atoms with Gasteiger partial charge in [0.05, 0.1) is 17.9 Å². The molecule has 1 N–H and O–H groups in total. The monoisotopic (exact) mass is 567 g/mol. The van der Waals surface area contributed by atoms with Crippen LogP contribution in [0.1, 0.15) is 52.9 Å². The predicted molar refractivity (Wildman–Crippen MR) is 142 cm³/mol. The quantitative estimate of drug-likeness (QED) is 0.257. The minimum absolute atomic E-state index is 0.0332. The van der Waals surface area contributed by atoms with Crippen molar-refractivity contribution in [2.45, 2.75) is 81.5 Å². The molecule has 3 fully saturated rings. The summed E-state index contributed by atoms with van der Waals surface area (Å²) in [7, 11) is 0. The first kappa shape index (κ1) is 28.9. The summed E-state index contributed by atoms with van der Waals surface area (Å²) in [6.45, 7) is 15.2. The lowest BCUT2D eigenvalue weighted by Crippen LogP contribution is -2.58. The maximum absolute atomic E-state index is 14.2. The molecule has 36 heavy (non-hydrogen) atoms. The minimum atomic E-state index is -1.08. The van der Waals surface area contributed by atoms with E-state index < -0.39 is 29.6 Å². The molecule has 3 amide bonds. The van der Waals surface area contributed by atoms with Crippen LogP contribution in [0.2, 0.25) is 0 Å². The zero-order chi connectivity index (χ0) is 26.6. The molecule has 1 spiro atoms. The van der Waals surface area contributed by atoms with Gasteiger partial charge in [-0.05, 0) is 32.6 Å². The third-order valence-electron chi connectivity index (χ3n) is 7.87. The van der Waals surface area contributed by atoms with Crippen LogP contribution in [0, 0.1) is 11.8 Å². The highest BCUT2D eigenvalue weighted by Gasteiger charge is 2.76. The SMILES string of the molecule is C=CCN(CCC)C(=O)[C@H]1[C@H]2C(=O)N(CCCO)C(C(=O)N(CC=C)C(C)CCC)C23CC(Br)[C@@H]1O3. The topological polar surface area (TPSA) is 90.4 Å². The molecular weight excluding hydrogens is 526 g/mol. The Morgan fingerprint density at radius 2 is 1.94 bits per heavy atom. The molecule has 3 heterocycles. The smallest absolute Gasteiger partial charge is 0.248 e. The van der Waals surface area contributed by atoms with Crippen LogP contribution in [0.25, 0.3) is 0 Å². The molecule has 0 aliphatic carbocycles. The van der Waals surface area contributed by atoms with Gasteiger partial charge in [0.1, 0.15) is 11.6 Å². The average molecular weight is 569 g/mol. The van der Waals surface area contributed by atoms with E-state index in [0.717, 1.165) is 19.3 Å². The number of carbonyl (C=O) groups excluding carboxylic acids is 3. The van der Waals surface area contributed by atoms with Crippen LogP contribution in [0.15, 0.2) is 25.3 Å². The molecule has 0 aromatic carbocycles. The molecule has 3 rings (SSSR count). The molecule has 7 atom stereocenters. The van der Waals surface area contributed by atoms with E-state index in [1.54, 1.807) is 26.9 Å². The molecule has 0 radical (unpaired) electrons. The fourth-order valence-electron chi connectivity index (χ4n) is 6.46. The second kappa shape index (κ2) is 12.2. The van der Waals surface area contributed by atoms with Crippen molar-refractivity contribution in [2.75, 3.05) is 32.8 Å². The van der Waals surface area contributed by atoms with E-state index >= 15 is 0 Å². The van der Waals surface area contributed by atoms with Gasteiger partial charge >= 0.3 is 0 Å². The Bertz CT molecular complexity index is 853. The van der Waals surface area contributed by atoms with Gasteiger partial charge in [-0.15, -0.1) is 13.2 Å². The van der Waals surface area contributed by atoms with E-state index in [1.807, 2.05) is 13.8 Å². The molecule has 0 aromatic heterocycles. The van der Waals surface area contributed by atoms with Gasteiger partial charge in [0.2, 0.25) is 17.7 Å². The van der Waals surface area contributed by atoms with E-state index in [9.17, 15) is 19.5 Å². The first-order valence-electron chi connectivity index (χ1n) is 13.3. The number of aliphatic hydroxyl groups is 1.